The third kappa shape index (κ3) is 2.58. The van der Waals surface area contributed by atoms with Gasteiger partial charge in [0.25, 0.3) is 0 Å². The minimum Gasteiger partial charge on any atom is -0.432 e. The number of hydrogen-bond acceptors (Lipinski definition) is 9. The van der Waals surface area contributed by atoms with Crippen LogP contribution in [0.15, 0.2) is 41.3 Å². The summed E-state index contributed by atoms with van der Waals surface area (Å²) >= 11 is 0. The molecule has 0 aliphatic carbocycles. The SMILES string of the molecule is c1cnc2oc3c(N4CCOCC4)nc(Nc4ccncn4)nc3c2c1. The molecule has 130 valence electrons. The lowest BCUT2D eigenvalue weighted by Crippen LogP contribution is -2.37. The van der Waals surface area contributed by atoms with E-state index < -0.39 is 0 Å². The Morgan fingerprint density at radius 2 is 1.96 bits per heavy atom. The highest BCUT2D eigenvalue weighted by molar-refractivity contribution is 6.05. The van der Waals surface area contributed by atoms with E-state index in [1.165, 1.54) is 6.33 Å². The normalized spacial score (nSPS) is 14.8. The summed E-state index contributed by atoms with van der Waals surface area (Å²) in [6.45, 7) is 2.78. The minimum absolute atomic E-state index is 0.448. The summed E-state index contributed by atoms with van der Waals surface area (Å²) in [7, 11) is 0. The lowest BCUT2D eigenvalue weighted by atomic mass is 10.3. The fraction of sp³-hybridized carbons (Fsp3) is 0.235. The molecule has 4 aromatic heterocycles. The minimum atomic E-state index is 0.448. The smallest absolute Gasteiger partial charge is 0.231 e. The van der Waals surface area contributed by atoms with Gasteiger partial charge in [0, 0.05) is 25.5 Å². The van der Waals surface area contributed by atoms with Crippen molar-refractivity contribution in [3.05, 3.63) is 36.9 Å². The summed E-state index contributed by atoms with van der Waals surface area (Å²) in [5.74, 6) is 1.80. The summed E-state index contributed by atoms with van der Waals surface area (Å²) in [4.78, 5) is 23.9. The monoisotopic (exact) mass is 349 g/mol. The fourth-order valence-corrected chi connectivity index (χ4v) is 2.99. The average molecular weight is 349 g/mol. The predicted octanol–water partition coefficient (Wildman–Crippen LogP) is 2.14. The molecule has 1 N–H and O–H groups in total. The van der Waals surface area contributed by atoms with Crippen molar-refractivity contribution < 1.29 is 9.15 Å². The molecule has 9 nitrogen and oxygen atoms in total. The number of anilines is 3. The van der Waals surface area contributed by atoms with Gasteiger partial charge in [0.15, 0.2) is 11.4 Å². The van der Waals surface area contributed by atoms with Crippen LogP contribution in [0.4, 0.5) is 17.6 Å². The van der Waals surface area contributed by atoms with E-state index in [0.29, 0.717) is 36.3 Å². The molecule has 1 saturated heterocycles. The number of pyridine rings is 1. The molecule has 5 rings (SSSR count). The molecule has 9 heteroatoms. The van der Waals surface area contributed by atoms with Gasteiger partial charge in [-0.1, -0.05) is 0 Å². The number of hydrogen-bond donors (Lipinski definition) is 1. The molecule has 1 aliphatic heterocycles. The Labute approximate surface area is 148 Å². The zero-order valence-corrected chi connectivity index (χ0v) is 13.8. The molecule has 0 saturated carbocycles. The Morgan fingerprint density at radius 1 is 1.04 bits per heavy atom. The molecule has 0 aromatic carbocycles. The van der Waals surface area contributed by atoms with Crippen molar-refractivity contribution in [2.75, 3.05) is 36.5 Å². The Bertz CT molecular complexity index is 1060. The first-order chi connectivity index (χ1) is 12.9. The molecule has 0 atom stereocenters. The van der Waals surface area contributed by atoms with E-state index in [0.717, 1.165) is 29.8 Å². The molecule has 4 aromatic rings. The van der Waals surface area contributed by atoms with Crippen molar-refractivity contribution in [1.29, 1.82) is 0 Å². The molecular weight excluding hydrogens is 334 g/mol. The van der Waals surface area contributed by atoms with Crippen molar-refractivity contribution in [2.45, 2.75) is 0 Å². The number of nitrogens with one attached hydrogen (secondary N) is 1. The first kappa shape index (κ1) is 15.0. The summed E-state index contributed by atoms with van der Waals surface area (Å²) in [6.07, 6.45) is 4.83. The van der Waals surface area contributed by atoms with Crippen molar-refractivity contribution in [3.8, 4) is 0 Å². The Balaban J connectivity index is 1.69. The number of rotatable bonds is 3. The van der Waals surface area contributed by atoms with Crippen LogP contribution in [0, 0.1) is 0 Å². The van der Waals surface area contributed by atoms with Gasteiger partial charge in [0.1, 0.15) is 17.7 Å². The Kier molecular flexibility index (Phi) is 3.56. The van der Waals surface area contributed by atoms with Gasteiger partial charge in [-0.3, -0.25) is 0 Å². The first-order valence-corrected chi connectivity index (χ1v) is 8.29. The topological polar surface area (TPSA) is 102 Å². The van der Waals surface area contributed by atoms with Crippen LogP contribution < -0.4 is 10.2 Å². The van der Waals surface area contributed by atoms with Crippen LogP contribution in [0.2, 0.25) is 0 Å². The number of ether oxygens (including phenoxy) is 1. The number of fused-ring (bicyclic) bond motifs is 3. The van der Waals surface area contributed by atoms with E-state index in [1.807, 2.05) is 12.1 Å². The zero-order chi connectivity index (χ0) is 17.3. The van der Waals surface area contributed by atoms with Gasteiger partial charge in [-0.05, 0) is 18.2 Å². The van der Waals surface area contributed by atoms with Crippen molar-refractivity contribution in [2.24, 2.45) is 0 Å². The van der Waals surface area contributed by atoms with Gasteiger partial charge in [-0.25, -0.2) is 19.9 Å². The van der Waals surface area contributed by atoms with Crippen LogP contribution in [0.3, 0.4) is 0 Å². The van der Waals surface area contributed by atoms with Crippen LogP contribution in [-0.4, -0.2) is 51.2 Å². The summed E-state index contributed by atoms with van der Waals surface area (Å²) in [5, 5.41) is 3.99. The van der Waals surface area contributed by atoms with Gasteiger partial charge < -0.3 is 19.4 Å². The molecule has 5 heterocycles. The highest BCUT2D eigenvalue weighted by Gasteiger charge is 2.22. The van der Waals surface area contributed by atoms with Crippen molar-refractivity contribution in [1.82, 2.24) is 24.9 Å². The van der Waals surface area contributed by atoms with E-state index in [1.54, 1.807) is 18.5 Å². The average Bonchev–Trinajstić information content (AvgIpc) is 3.08. The van der Waals surface area contributed by atoms with Crippen molar-refractivity contribution in [3.63, 3.8) is 0 Å². The lowest BCUT2D eigenvalue weighted by molar-refractivity contribution is 0.122. The molecule has 0 radical (unpaired) electrons. The van der Waals surface area contributed by atoms with Gasteiger partial charge in [-0.15, -0.1) is 0 Å². The van der Waals surface area contributed by atoms with Crippen LogP contribution >= 0.6 is 0 Å². The number of nitrogens with zero attached hydrogens (tertiary/aromatic N) is 6. The third-order valence-corrected chi connectivity index (χ3v) is 4.21. The van der Waals surface area contributed by atoms with E-state index in [-0.39, 0.29) is 0 Å². The van der Waals surface area contributed by atoms with Gasteiger partial charge in [-0.2, -0.15) is 4.98 Å². The van der Waals surface area contributed by atoms with Gasteiger partial charge >= 0.3 is 0 Å². The highest BCUT2D eigenvalue weighted by atomic mass is 16.5. The maximum absolute atomic E-state index is 5.97. The second kappa shape index (κ2) is 6.19. The summed E-state index contributed by atoms with van der Waals surface area (Å²) < 4.78 is 11.4. The second-order valence-electron chi connectivity index (χ2n) is 5.83. The molecule has 1 aliphatic rings. The molecular formula is C17H15N7O2. The second-order valence-corrected chi connectivity index (χ2v) is 5.83. The zero-order valence-electron chi connectivity index (χ0n) is 13.8. The quantitative estimate of drug-likeness (QED) is 0.596. The summed E-state index contributed by atoms with van der Waals surface area (Å²) in [6, 6.07) is 5.57. The first-order valence-electron chi connectivity index (χ1n) is 8.29. The maximum Gasteiger partial charge on any atom is 0.231 e. The van der Waals surface area contributed by atoms with Crippen LogP contribution in [0.5, 0.6) is 0 Å². The van der Waals surface area contributed by atoms with Crippen LogP contribution in [0.1, 0.15) is 0 Å². The molecule has 0 amide bonds. The van der Waals surface area contributed by atoms with Crippen molar-refractivity contribution >= 4 is 39.8 Å². The standard InChI is InChI=1S/C17H15N7O2/c1-2-11-13-14(26-16(11)19-4-1)15(24-6-8-25-9-7-24)23-17(22-13)21-12-3-5-18-10-20-12/h1-5,10H,6-9H2,(H,18,20,21,22,23). The highest BCUT2D eigenvalue weighted by Crippen LogP contribution is 2.33. The van der Waals surface area contributed by atoms with Gasteiger partial charge in [0.05, 0.1) is 18.6 Å². The van der Waals surface area contributed by atoms with Gasteiger partial charge in [0.2, 0.25) is 11.7 Å². The largest absolute Gasteiger partial charge is 0.432 e. The molecule has 26 heavy (non-hydrogen) atoms. The maximum atomic E-state index is 5.97. The van der Waals surface area contributed by atoms with E-state index in [9.17, 15) is 0 Å². The van der Waals surface area contributed by atoms with Crippen LogP contribution in [0.25, 0.3) is 22.2 Å². The number of aromatic nitrogens is 5. The van der Waals surface area contributed by atoms with E-state index in [4.69, 9.17) is 9.15 Å². The van der Waals surface area contributed by atoms with E-state index >= 15 is 0 Å². The summed E-state index contributed by atoms with van der Waals surface area (Å²) in [5.41, 5.74) is 1.90. The van der Waals surface area contributed by atoms with E-state index in [2.05, 4.69) is 35.1 Å². The molecule has 0 spiro atoms. The van der Waals surface area contributed by atoms with Crippen LogP contribution in [-0.2, 0) is 4.74 Å². The predicted molar refractivity (Wildman–Crippen MR) is 95.5 cm³/mol. The molecule has 0 bridgehead atoms. The number of furan rings is 1. The molecule has 1 fully saturated rings. The molecule has 0 unspecified atom stereocenters. The number of morpholine rings is 1. The Morgan fingerprint density at radius 3 is 2.81 bits per heavy atom. The Hall–Kier alpha value is -3.33. The third-order valence-electron chi connectivity index (χ3n) is 4.21. The fourth-order valence-electron chi connectivity index (χ4n) is 2.99. The lowest BCUT2D eigenvalue weighted by Gasteiger charge is -2.27.